The second-order valence-corrected chi connectivity index (χ2v) is 6.15. The summed E-state index contributed by atoms with van der Waals surface area (Å²) in [7, 11) is 0. The number of aryl methyl sites for hydroxylation is 1. The van der Waals surface area contributed by atoms with E-state index < -0.39 is 23.7 Å². The molecule has 0 aliphatic rings. The van der Waals surface area contributed by atoms with Crippen LogP contribution in [0.4, 0.5) is 13.2 Å². The van der Waals surface area contributed by atoms with Crippen LogP contribution < -0.4 is 10.9 Å². The first-order valence-corrected chi connectivity index (χ1v) is 8.71. The summed E-state index contributed by atoms with van der Waals surface area (Å²) in [6.45, 7) is 2.00. The van der Waals surface area contributed by atoms with Crippen LogP contribution in [0, 0.1) is 0 Å². The predicted octanol–water partition coefficient (Wildman–Crippen LogP) is 3.53. The van der Waals surface area contributed by atoms with Gasteiger partial charge >= 0.3 is 6.18 Å². The molecule has 0 unspecified atom stereocenters. The summed E-state index contributed by atoms with van der Waals surface area (Å²) < 4.78 is 39.0. The second-order valence-electron chi connectivity index (χ2n) is 6.15. The standard InChI is InChI=1S/C20H17F3N4O2/c1-2-13-3-5-14(6-4-13)18(28)24-25-19(29)15-7-9-16(10-8-15)27-12-11-17(26-27)20(21,22)23/h3-12H,2H2,1H3,(H,24,28)(H,25,29). The molecule has 6 nitrogen and oxygen atoms in total. The van der Waals surface area contributed by atoms with E-state index in [9.17, 15) is 22.8 Å². The van der Waals surface area contributed by atoms with Crippen LogP contribution >= 0.6 is 0 Å². The Bertz CT molecular complexity index is 1010. The first kappa shape index (κ1) is 20.1. The zero-order valence-corrected chi connectivity index (χ0v) is 15.3. The summed E-state index contributed by atoms with van der Waals surface area (Å²) >= 11 is 0. The highest BCUT2D eigenvalue weighted by molar-refractivity contribution is 5.99. The van der Waals surface area contributed by atoms with Crippen molar-refractivity contribution >= 4 is 11.8 Å². The summed E-state index contributed by atoms with van der Waals surface area (Å²) in [5.41, 5.74) is 5.68. The number of alkyl halides is 3. The summed E-state index contributed by atoms with van der Waals surface area (Å²) in [5.74, 6) is -1.03. The van der Waals surface area contributed by atoms with Gasteiger partial charge in [0.25, 0.3) is 11.8 Å². The van der Waals surface area contributed by atoms with E-state index in [2.05, 4.69) is 16.0 Å². The number of carbonyl (C=O) groups excluding carboxylic acids is 2. The zero-order valence-electron chi connectivity index (χ0n) is 15.3. The van der Waals surface area contributed by atoms with E-state index in [0.717, 1.165) is 22.7 Å². The van der Waals surface area contributed by atoms with Crippen LogP contribution in [0.1, 0.15) is 38.9 Å². The van der Waals surface area contributed by atoms with Gasteiger partial charge in [-0.05, 0) is 54.4 Å². The van der Waals surface area contributed by atoms with Crippen molar-refractivity contribution in [3.05, 3.63) is 83.2 Å². The Morgan fingerprint density at radius 2 is 1.41 bits per heavy atom. The minimum Gasteiger partial charge on any atom is -0.267 e. The molecule has 0 aliphatic heterocycles. The van der Waals surface area contributed by atoms with E-state index in [1.54, 1.807) is 12.1 Å². The predicted molar refractivity (Wildman–Crippen MR) is 99.3 cm³/mol. The lowest BCUT2D eigenvalue weighted by atomic mass is 10.1. The van der Waals surface area contributed by atoms with Gasteiger partial charge in [0, 0.05) is 17.3 Å². The monoisotopic (exact) mass is 402 g/mol. The lowest BCUT2D eigenvalue weighted by Gasteiger charge is -2.09. The van der Waals surface area contributed by atoms with Crippen LogP contribution in [-0.4, -0.2) is 21.6 Å². The van der Waals surface area contributed by atoms with Gasteiger partial charge < -0.3 is 0 Å². The van der Waals surface area contributed by atoms with E-state index in [0.29, 0.717) is 11.3 Å². The van der Waals surface area contributed by atoms with Gasteiger partial charge in [0.15, 0.2) is 5.69 Å². The Kier molecular flexibility index (Phi) is 5.67. The van der Waals surface area contributed by atoms with Crippen LogP contribution in [0.25, 0.3) is 5.69 Å². The van der Waals surface area contributed by atoms with Gasteiger partial charge in [0.1, 0.15) is 0 Å². The normalized spacial score (nSPS) is 11.2. The molecule has 0 spiro atoms. The number of hydrogen-bond acceptors (Lipinski definition) is 3. The summed E-state index contributed by atoms with van der Waals surface area (Å²) in [6, 6.07) is 13.6. The lowest BCUT2D eigenvalue weighted by Crippen LogP contribution is -2.41. The van der Waals surface area contributed by atoms with E-state index >= 15 is 0 Å². The van der Waals surface area contributed by atoms with Gasteiger partial charge in [-0.15, -0.1) is 0 Å². The number of halogens is 3. The van der Waals surface area contributed by atoms with E-state index in [1.807, 2.05) is 19.1 Å². The van der Waals surface area contributed by atoms with Crippen molar-refractivity contribution in [1.82, 2.24) is 20.6 Å². The number of carbonyl (C=O) groups is 2. The molecule has 0 aliphatic carbocycles. The van der Waals surface area contributed by atoms with Crippen molar-refractivity contribution in [1.29, 1.82) is 0 Å². The first-order chi connectivity index (χ1) is 13.8. The van der Waals surface area contributed by atoms with E-state index in [4.69, 9.17) is 0 Å². The molecule has 150 valence electrons. The summed E-state index contributed by atoms with van der Waals surface area (Å²) in [6.07, 6.45) is -2.49. The number of amides is 2. The molecule has 29 heavy (non-hydrogen) atoms. The number of hydrazine groups is 1. The van der Waals surface area contributed by atoms with Crippen molar-refractivity contribution < 1.29 is 22.8 Å². The number of nitrogens with one attached hydrogen (secondary N) is 2. The molecule has 0 saturated carbocycles. The fourth-order valence-electron chi connectivity index (χ4n) is 2.53. The molecule has 3 rings (SSSR count). The molecule has 1 aromatic heterocycles. The Morgan fingerprint density at radius 3 is 1.86 bits per heavy atom. The third-order valence-corrected chi connectivity index (χ3v) is 4.19. The Balaban J connectivity index is 1.61. The molecular formula is C20H17F3N4O2. The van der Waals surface area contributed by atoms with E-state index in [1.165, 1.54) is 30.5 Å². The third-order valence-electron chi connectivity index (χ3n) is 4.19. The highest BCUT2D eigenvalue weighted by atomic mass is 19.4. The Morgan fingerprint density at radius 1 is 0.897 bits per heavy atom. The maximum atomic E-state index is 12.6. The summed E-state index contributed by atoms with van der Waals surface area (Å²) in [5, 5.41) is 3.47. The highest BCUT2D eigenvalue weighted by Crippen LogP contribution is 2.27. The van der Waals surface area contributed by atoms with Crippen LogP contribution in [0.15, 0.2) is 60.8 Å². The van der Waals surface area contributed by atoms with Gasteiger partial charge in [-0.25, -0.2) is 4.68 Å². The Hall–Kier alpha value is -3.62. The van der Waals surface area contributed by atoms with Crippen LogP contribution in [0.2, 0.25) is 0 Å². The number of nitrogens with zero attached hydrogens (tertiary/aromatic N) is 2. The molecular weight excluding hydrogens is 385 g/mol. The second kappa shape index (κ2) is 8.17. The maximum Gasteiger partial charge on any atom is 0.435 e. The van der Waals surface area contributed by atoms with Gasteiger partial charge in [-0.3, -0.25) is 20.4 Å². The van der Waals surface area contributed by atoms with Gasteiger partial charge in [0.2, 0.25) is 0 Å². The molecule has 1 heterocycles. The largest absolute Gasteiger partial charge is 0.435 e. The van der Waals surface area contributed by atoms with Gasteiger partial charge in [-0.1, -0.05) is 19.1 Å². The fraction of sp³-hybridized carbons (Fsp3) is 0.150. The topological polar surface area (TPSA) is 76.0 Å². The zero-order chi connectivity index (χ0) is 21.0. The maximum absolute atomic E-state index is 12.6. The van der Waals surface area contributed by atoms with Crippen molar-refractivity contribution in [3.8, 4) is 5.69 Å². The smallest absolute Gasteiger partial charge is 0.267 e. The highest BCUT2D eigenvalue weighted by Gasteiger charge is 2.33. The minimum absolute atomic E-state index is 0.221. The van der Waals surface area contributed by atoms with Crippen molar-refractivity contribution in [2.75, 3.05) is 0 Å². The Labute approximate surface area is 164 Å². The first-order valence-electron chi connectivity index (χ1n) is 8.71. The average molecular weight is 402 g/mol. The van der Waals surface area contributed by atoms with Crippen molar-refractivity contribution in [2.24, 2.45) is 0 Å². The third kappa shape index (κ3) is 4.81. The van der Waals surface area contributed by atoms with Crippen molar-refractivity contribution in [3.63, 3.8) is 0 Å². The van der Waals surface area contributed by atoms with Gasteiger partial charge in [-0.2, -0.15) is 18.3 Å². The van der Waals surface area contributed by atoms with Crippen LogP contribution in [0.3, 0.4) is 0 Å². The molecule has 2 aromatic carbocycles. The van der Waals surface area contributed by atoms with E-state index in [-0.39, 0.29) is 5.56 Å². The molecule has 0 atom stereocenters. The number of rotatable bonds is 4. The number of aromatic nitrogens is 2. The van der Waals surface area contributed by atoms with Gasteiger partial charge in [0.05, 0.1) is 5.69 Å². The SMILES string of the molecule is CCc1ccc(C(=O)NNC(=O)c2ccc(-n3ccc(C(F)(F)F)n3)cc2)cc1. The van der Waals surface area contributed by atoms with Crippen LogP contribution in [0.5, 0.6) is 0 Å². The average Bonchev–Trinajstić information content (AvgIpc) is 3.23. The van der Waals surface area contributed by atoms with Crippen molar-refractivity contribution in [2.45, 2.75) is 19.5 Å². The lowest BCUT2D eigenvalue weighted by molar-refractivity contribution is -0.141. The molecule has 3 aromatic rings. The molecule has 0 bridgehead atoms. The number of hydrogen-bond donors (Lipinski definition) is 2. The fourth-order valence-corrected chi connectivity index (χ4v) is 2.53. The molecule has 0 radical (unpaired) electrons. The molecule has 0 fully saturated rings. The van der Waals surface area contributed by atoms with Crippen LogP contribution in [-0.2, 0) is 12.6 Å². The molecule has 0 saturated heterocycles. The molecule has 2 amide bonds. The quantitative estimate of drug-likeness (QED) is 0.656. The summed E-state index contributed by atoms with van der Waals surface area (Å²) in [4.78, 5) is 24.2. The molecule has 9 heteroatoms. The minimum atomic E-state index is -4.53. The molecule has 2 N–H and O–H groups in total. The number of benzene rings is 2.